The molecule has 3 saturated carbocycles. The number of carbonyl (C=O) groups is 1. The van der Waals surface area contributed by atoms with Crippen LogP contribution < -0.4 is 4.74 Å². The summed E-state index contributed by atoms with van der Waals surface area (Å²) >= 11 is 0. The third-order valence-electron chi connectivity index (χ3n) is 10.5. The fraction of sp³-hybridized carbons (Fsp3) is 0.656. The van der Waals surface area contributed by atoms with E-state index in [0.717, 1.165) is 30.4 Å². The van der Waals surface area contributed by atoms with Gasteiger partial charge in [0.05, 0.1) is 18.8 Å². The van der Waals surface area contributed by atoms with Crippen molar-refractivity contribution in [2.45, 2.75) is 51.9 Å². The average Bonchev–Trinajstić information content (AvgIpc) is 3.73. The minimum Gasteiger partial charge on any atom is -0.494 e. The van der Waals surface area contributed by atoms with E-state index in [2.05, 4.69) is 31.2 Å². The second-order valence-corrected chi connectivity index (χ2v) is 12.2. The molecule has 1 aromatic rings. The number of carbonyl (C=O) groups excluding carboxylic acids is 1. The average molecular weight is 491 g/mol. The number of aliphatic hydroxyl groups excluding tert-OH is 1. The Labute approximate surface area is 216 Å². The zero-order valence-electron chi connectivity index (χ0n) is 21.6. The van der Waals surface area contributed by atoms with Gasteiger partial charge in [-0.1, -0.05) is 37.6 Å². The number of esters is 1. The second-order valence-electron chi connectivity index (χ2n) is 12.2. The van der Waals surface area contributed by atoms with Gasteiger partial charge in [0.25, 0.3) is 0 Å². The monoisotopic (exact) mass is 490 g/mol. The first-order valence-corrected chi connectivity index (χ1v) is 14.5. The lowest BCUT2D eigenvalue weighted by atomic mass is 9.71. The minimum absolute atomic E-state index is 0.218. The second kappa shape index (κ2) is 10.4. The number of aliphatic hydroxyl groups is 1. The van der Waals surface area contributed by atoms with E-state index in [1.807, 2.05) is 24.3 Å². The van der Waals surface area contributed by atoms with E-state index in [4.69, 9.17) is 9.47 Å². The normalized spacial score (nSPS) is 39.8. The first-order chi connectivity index (χ1) is 17.7. The quantitative estimate of drug-likeness (QED) is 0.237. The summed E-state index contributed by atoms with van der Waals surface area (Å²) in [7, 11) is 0. The number of fused-ring (bicyclic) bond motifs is 4. The number of hydrogen-bond donors (Lipinski definition) is 1. The van der Waals surface area contributed by atoms with Crippen molar-refractivity contribution >= 4 is 5.97 Å². The van der Waals surface area contributed by atoms with Crippen LogP contribution in [0, 0.1) is 59.2 Å². The van der Waals surface area contributed by atoms with Crippen LogP contribution in [-0.2, 0) is 4.74 Å². The summed E-state index contributed by atoms with van der Waals surface area (Å²) in [5.74, 6) is 6.79. The Kier molecular flexibility index (Phi) is 6.99. The van der Waals surface area contributed by atoms with Crippen LogP contribution in [0.25, 0.3) is 0 Å². The van der Waals surface area contributed by atoms with E-state index in [1.165, 1.54) is 32.1 Å². The van der Waals surface area contributed by atoms with Gasteiger partial charge in [-0.2, -0.15) is 0 Å². The molecule has 2 unspecified atom stereocenters. The molecule has 1 N–H and O–H groups in total. The number of benzene rings is 1. The Morgan fingerprint density at radius 1 is 0.861 bits per heavy atom. The van der Waals surface area contributed by atoms with E-state index < -0.39 is 0 Å². The lowest BCUT2D eigenvalue weighted by Crippen LogP contribution is -2.32. The highest BCUT2D eigenvalue weighted by molar-refractivity contribution is 5.89. The molecule has 0 spiro atoms. The molecule has 36 heavy (non-hydrogen) atoms. The van der Waals surface area contributed by atoms with Crippen molar-refractivity contribution in [1.82, 2.24) is 0 Å². The predicted octanol–water partition coefficient (Wildman–Crippen LogP) is 6.31. The van der Waals surface area contributed by atoms with Crippen LogP contribution in [0.15, 0.2) is 48.6 Å². The van der Waals surface area contributed by atoms with Crippen LogP contribution in [0.5, 0.6) is 5.75 Å². The third-order valence-corrected chi connectivity index (χ3v) is 10.5. The van der Waals surface area contributed by atoms with Gasteiger partial charge in [-0.05, 0) is 116 Å². The van der Waals surface area contributed by atoms with Gasteiger partial charge in [0, 0.05) is 12.5 Å². The summed E-state index contributed by atoms with van der Waals surface area (Å²) in [5, 5.41) is 10.1. The van der Waals surface area contributed by atoms with Crippen molar-refractivity contribution in [3.8, 4) is 5.75 Å². The molecule has 3 fully saturated rings. The SMILES string of the molecule is CCCCOc1ccc(C(=O)OC[C@H]2[C@H](C3CCC([C@@H]4[C@@H](CO)[C@@H]5C=C[C@H]4C5)C3)[C@@H]3C=C[C@H]2C3)cc1. The van der Waals surface area contributed by atoms with Gasteiger partial charge in [0.2, 0.25) is 0 Å². The molecule has 1 aromatic carbocycles. The Morgan fingerprint density at radius 3 is 2.11 bits per heavy atom. The minimum atomic E-state index is -0.218. The predicted molar refractivity (Wildman–Crippen MR) is 140 cm³/mol. The lowest BCUT2D eigenvalue weighted by molar-refractivity contribution is 0.0327. The van der Waals surface area contributed by atoms with Crippen LogP contribution in [0.1, 0.15) is 62.2 Å². The summed E-state index contributed by atoms with van der Waals surface area (Å²) in [6.07, 6.45) is 18.2. The molecule has 6 rings (SSSR count). The van der Waals surface area contributed by atoms with Crippen LogP contribution in [-0.4, -0.2) is 30.9 Å². The largest absolute Gasteiger partial charge is 0.494 e. The maximum absolute atomic E-state index is 12.9. The molecular formula is C32H42O4. The molecule has 4 heteroatoms. The molecule has 4 bridgehead atoms. The summed E-state index contributed by atoms with van der Waals surface area (Å²) in [4.78, 5) is 12.9. The summed E-state index contributed by atoms with van der Waals surface area (Å²) in [6.45, 7) is 3.73. The molecule has 0 radical (unpaired) electrons. The highest BCUT2D eigenvalue weighted by Crippen LogP contribution is 2.59. The number of allylic oxidation sites excluding steroid dienone is 4. The van der Waals surface area contributed by atoms with Gasteiger partial charge in [-0.25, -0.2) is 4.79 Å². The van der Waals surface area contributed by atoms with E-state index in [1.54, 1.807) is 0 Å². The van der Waals surface area contributed by atoms with E-state index in [9.17, 15) is 9.90 Å². The highest BCUT2D eigenvalue weighted by Gasteiger charge is 2.53. The molecule has 194 valence electrons. The highest BCUT2D eigenvalue weighted by atomic mass is 16.5. The van der Waals surface area contributed by atoms with E-state index >= 15 is 0 Å². The molecule has 0 saturated heterocycles. The Bertz CT molecular complexity index is 980. The molecule has 5 aliphatic carbocycles. The van der Waals surface area contributed by atoms with Crippen molar-refractivity contribution in [2.75, 3.05) is 19.8 Å². The Morgan fingerprint density at radius 2 is 1.47 bits per heavy atom. The molecule has 5 aliphatic rings. The summed E-state index contributed by atoms with van der Waals surface area (Å²) in [6, 6.07) is 7.40. The van der Waals surface area contributed by atoms with Crippen LogP contribution in [0.4, 0.5) is 0 Å². The zero-order valence-corrected chi connectivity index (χ0v) is 21.6. The fourth-order valence-corrected chi connectivity index (χ4v) is 8.84. The molecule has 0 aliphatic heterocycles. The smallest absolute Gasteiger partial charge is 0.338 e. The number of rotatable bonds is 10. The van der Waals surface area contributed by atoms with Gasteiger partial charge >= 0.3 is 5.97 Å². The number of unbranched alkanes of at least 4 members (excludes halogenated alkanes) is 1. The van der Waals surface area contributed by atoms with Crippen molar-refractivity contribution in [2.24, 2.45) is 59.2 Å². The molecule has 4 nitrogen and oxygen atoms in total. The van der Waals surface area contributed by atoms with Gasteiger partial charge in [0.1, 0.15) is 5.75 Å². The molecule has 0 amide bonds. The maximum Gasteiger partial charge on any atom is 0.338 e. The first-order valence-electron chi connectivity index (χ1n) is 14.5. The van der Waals surface area contributed by atoms with Gasteiger partial charge in [-0.15, -0.1) is 0 Å². The molecule has 0 heterocycles. The van der Waals surface area contributed by atoms with E-state index in [-0.39, 0.29) is 5.97 Å². The van der Waals surface area contributed by atoms with Crippen LogP contribution in [0.3, 0.4) is 0 Å². The molecular weight excluding hydrogens is 448 g/mol. The zero-order chi connectivity index (χ0) is 24.6. The summed E-state index contributed by atoms with van der Waals surface area (Å²) < 4.78 is 11.7. The van der Waals surface area contributed by atoms with Gasteiger partial charge < -0.3 is 14.6 Å². The molecule has 0 aromatic heterocycles. The van der Waals surface area contributed by atoms with Crippen molar-refractivity contribution < 1.29 is 19.4 Å². The van der Waals surface area contributed by atoms with E-state index in [0.29, 0.717) is 72.7 Å². The van der Waals surface area contributed by atoms with Crippen molar-refractivity contribution in [3.63, 3.8) is 0 Å². The fourth-order valence-electron chi connectivity index (χ4n) is 8.84. The topological polar surface area (TPSA) is 55.8 Å². The number of hydrogen-bond acceptors (Lipinski definition) is 4. The standard InChI is InChI=1S/C32H42O4/c1-2-3-14-35-27-12-10-20(11-13-27)32(34)36-19-29-22-5-7-24(16-22)31(29)26-9-8-25(17-26)30-23-6-4-21(15-23)28(30)18-33/h4-7,10-13,21-26,28-31,33H,2-3,8-9,14-19H2,1H3/t21-,22+,23+,24-,25?,26?,28+,29-,30-,31+/m1/s1. The summed E-state index contributed by atoms with van der Waals surface area (Å²) in [5.41, 5.74) is 0.605. The van der Waals surface area contributed by atoms with Crippen LogP contribution >= 0.6 is 0 Å². The maximum atomic E-state index is 12.9. The third kappa shape index (κ3) is 4.44. The van der Waals surface area contributed by atoms with Gasteiger partial charge in [0.15, 0.2) is 0 Å². The Hall–Kier alpha value is -2.07. The van der Waals surface area contributed by atoms with Crippen molar-refractivity contribution in [3.05, 3.63) is 54.1 Å². The van der Waals surface area contributed by atoms with Crippen LogP contribution in [0.2, 0.25) is 0 Å². The molecule has 10 atom stereocenters. The number of ether oxygens (including phenoxy) is 2. The lowest BCUT2D eigenvalue weighted by Gasteiger charge is -2.34. The first kappa shape index (κ1) is 24.3. The van der Waals surface area contributed by atoms with Crippen molar-refractivity contribution in [1.29, 1.82) is 0 Å². The Balaban J connectivity index is 1.06. The van der Waals surface area contributed by atoms with Gasteiger partial charge in [-0.3, -0.25) is 0 Å².